The number of benzene rings is 2. The smallest absolute Gasteiger partial charge is 0.247 e. The topological polar surface area (TPSA) is 116 Å². The maximum absolute atomic E-state index is 12.6. The van der Waals surface area contributed by atoms with Crippen LogP contribution >= 0.6 is 11.8 Å². The molecule has 1 atom stereocenters. The van der Waals surface area contributed by atoms with Gasteiger partial charge in [-0.3, -0.25) is 9.59 Å². The molecule has 2 aromatic rings. The van der Waals surface area contributed by atoms with Gasteiger partial charge in [0.25, 0.3) is 0 Å². The lowest BCUT2D eigenvalue weighted by Gasteiger charge is -2.15. The zero-order chi connectivity index (χ0) is 18.7. The maximum atomic E-state index is 12.6. The summed E-state index contributed by atoms with van der Waals surface area (Å²) in [5.41, 5.74) is 6.83. The molecule has 0 radical (unpaired) electrons. The fraction of sp³-hybridized carbons (Fsp3) is 0.111. The number of aliphatic imine (C=N–C) groups is 1. The number of carboxylic acids is 1. The monoisotopic (exact) mass is 368 g/mol. The molecule has 2 amide bonds. The highest BCUT2D eigenvalue weighted by Crippen LogP contribution is 2.30. The van der Waals surface area contributed by atoms with Crippen molar-refractivity contribution >= 4 is 46.1 Å². The van der Waals surface area contributed by atoms with E-state index < -0.39 is 17.1 Å². The minimum atomic E-state index is -1.33. The number of carboxylic acid groups (broad SMARTS) is 1. The first kappa shape index (κ1) is 17.7. The van der Waals surface area contributed by atoms with Crippen molar-refractivity contribution in [3.8, 4) is 0 Å². The van der Waals surface area contributed by atoms with Gasteiger partial charge in [0, 0.05) is 6.42 Å². The molecule has 26 heavy (non-hydrogen) atoms. The summed E-state index contributed by atoms with van der Waals surface area (Å²) in [7, 11) is 0. The van der Waals surface area contributed by atoms with Crippen LogP contribution < -0.4 is 15.7 Å². The average Bonchev–Trinajstić information content (AvgIpc) is 2.89. The highest BCUT2D eigenvalue weighted by Gasteiger charge is 2.40. The number of para-hydroxylation sites is 1. The predicted octanol–water partition coefficient (Wildman–Crippen LogP) is 1.06. The van der Waals surface area contributed by atoms with Gasteiger partial charge in [-0.1, -0.05) is 42.1 Å². The van der Waals surface area contributed by atoms with Gasteiger partial charge in [0.15, 0.2) is 5.17 Å². The summed E-state index contributed by atoms with van der Waals surface area (Å²) < 4.78 is 0. The number of nitrogens with zero attached hydrogens (tertiary/aromatic N) is 2. The van der Waals surface area contributed by atoms with Crippen LogP contribution in [0.15, 0.2) is 59.6 Å². The van der Waals surface area contributed by atoms with Crippen LogP contribution in [0.5, 0.6) is 0 Å². The van der Waals surface area contributed by atoms with Crippen LogP contribution in [0.3, 0.4) is 0 Å². The van der Waals surface area contributed by atoms with E-state index in [1.165, 1.54) is 24.3 Å². The number of aromatic carboxylic acids is 1. The van der Waals surface area contributed by atoms with E-state index in [0.717, 1.165) is 16.7 Å². The molecule has 0 spiro atoms. The Balaban J connectivity index is 1.74. The molecule has 1 saturated heterocycles. The summed E-state index contributed by atoms with van der Waals surface area (Å²) in [5.74, 6) is -2.11. The van der Waals surface area contributed by atoms with E-state index in [9.17, 15) is 19.5 Å². The van der Waals surface area contributed by atoms with E-state index in [1.807, 2.05) is 18.2 Å². The van der Waals surface area contributed by atoms with Gasteiger partial charge in [0.05, 0.1) is 17.3 Å². The van der Waals surface area contributed by atoms with E-state index in [2.05, 4.69) is 4.99 Å². The number of carbonyl (C=O) groups is 3. The van der Waals surface area contributed by atoms with E-state index in [1.54, 1.807) is 12.1 Å². The molecule has 1 heterocycles. The molecule has 0 unspecified atom stereocenters. The number of amides is 2. The fourth-order valence-electron chi connectivity index (χ4n) is 2.52. The van der Waals surface area contributed by atoms with Crippen LogP contribution in [-0.2, 0) is 9.59 Å². The Bertz CT molecular complexity index is 881. The Labute approximate surface area is 153 Å². The standard InChI is InChI=1S/C18H15N3O4S/c19-18(20-12-4-2-1-3-5-12)26-14-10-15(22)21(16(14)23)13-8-6-11(7-9-13)17(24)25/h1-9,14H,10H2,(H2,19,20)(H,24,25)/p-1/t14-/m1/s1. The Morgan fingerprint density at radius 3 is 2.38 bits per heavy atom. The summed E-state index contributed by atoms with van der Waals surface area (Å²) in [5, 5.41) is 10.3. The third-order valence-electron chi connectivity index (χ3n) is 3.72. The minimum Gasteiger partial charge on any atom is -0.545 e. The normalized spacial score (nSPS) is 17.6. The molecule has 1 fully saturated rings. The number of hydrogen-bond donors (Lipinski definition) is 1. The lowest BCUT2D eigenvalue weighted by molar-refractivity contribution is -0.255. The molecular formula is C18H14N3O4S-. The first-order valence-corrected chi connectivity index (χ1v) is 8.58. The predicted molar refractivity (Wildman–Crippen MR) is 97.0 cm³/mol. The van der Waals surface area contributed by atoms with Crippen molar-refractivity contribution in [2.75, 3.05) is 4.90 Å². The number of anilines is 1. The van der Waals surface area contributed by atoms with Crippen molar-refractivity contribution in [3.05, 3.63) is 60.2 Å². The van der Waals surface area contributed by atoms with E-state index in [-0.39, 0.29) is 23.1 Å². The average molecular weight is 368 g/mol. The number of imide groups is 1. The molecule has 0 saturated carbocycles. The van der Waals surface area contributed by atoms with Crippen LogP contribution in [0.1, 0.15) is 16.8 Å². The maximum Gasteiger partial charge on any atom is 0.247 e. The first-order valence-electron chi connectivity index (χ1n) is 7.70. The van der Waals surface area contributed by atoms with Crippen molar-refractivity contribution in [1.82, 2.24) is 0 Å². The molecule has 3 rings (SSSR count). The molecule has 1 aliphatic heterocycles. The van der Waals surface area contributed by atoms with Crippen molar-refractivity contribution in [2.45, 2.75) is 11.7 Å². The molecule has 0 aromatic heterocycles. The highest BCUT2D eigenvalue weighted by molar-refractivity contribution is 8.15. The van der Waals surface area contributed by atoms with E-state index >= 15 is 0 Å². The molecule has 0 bridgehead atoms. The van der Waals surface area contributed by atoms with Crippen LogP contribution in [0.2, 0.25) is 0 Å². The van der Waals surface area contributed by atoms with Crippen LogP contribution in [0, 0.1) is 0 Å². The number of nitrogens with two attached hydrogens (primary N) is 1. The second-order valence-electron chi connectivity index (χ2n) is 5.50. The largest absolute Gasteiger partial charge is 0.545 e. The summed E-state index contributed by atoms with van der Waals surface area (Å²) in [6.45, 7) is 0. The van der Waals surface area contributed by atoms with Crippen molar-refractivity contribution < 1.29 is 19.5 Å². The van der Waals surface area contributed by atoms with Gasteiger partial charge >= 0.3 is 0 Å². The molecule has 2 aromatic carbocycles. The Morgan fingerprint density at radius 1 is 1.12 bits per heavy atom. The third-order valence-corrected chi connectivity index (χ3v) is 4.71. The van der Waals surface area contributed by atoms with Gasteiger partial charge < -0.3 is 15.6 Å². The van der Waals surface area contributed by atoms with Crippen LogP contribution in [-0.4, -0.2) is 28.2 Å². The van der Waals surface area contributed by atoms with E-state index in [0.29, 0.717) is 11.4 Å². The second kappa shape index (κ2) is 7.40. The Kier molecular flexibility index (Phi) is 5.04. The summed E-state index contributed by atoms with van der Waals surface area (Å²) in [4.78, 5) is 40.8. The van der Waals surface area contributed by atoms with Crippen LogP contribution in [0.4, 0.5) is 11.4 Å². The SMILES string of the molecule is NC(=Nc1ccccc1)S[C@@H]1CC(=O)N(c2ccc(C(=O)[O-])cc2)C1=O. The summed E-state index contributed by atoms with van der Waals surface area (Å²) in [6.07, 6.45) is -0.00323. The summed E-state index contributed by atoms with van der Waals surface area (Å²) >= 11 is 1.03. The van der Waals surface area contributed by atoms with Gasteiger partial charge in [-0.25, -0.2) is 9.89 Å². The van der Waals surface area contributed by atoms with Crippen LogP contribution in [0.25, 0.3) is 0 Å². The number of amidine groups is 1. The van der Waals surface area contributed by atoms with Gasteiger partial charge in [-0.05, 0) is 29.8 Å². The molecule has 8 heteroatoms. The number of rotatable bonds is 4. The first-order chi connectivity index (χ1) is 12.5. The van der Waals surface area contributed by atoms with Gasteiger partial charge in [-0.15, -0.1) is 0 Å². The summed E-state index contributed by atoms with van der Waals surface area (Å²) in [6, 6.07) is 14.4. The Hall–Kier alpha value is -3.13. The van der Waals surface area contributed by atoms with Gasteiger partial charge in [0.2, 0.25) is 11.8 Å². The zero-order valence-corrected chi connectivity index (χ0v) is 14.3. The second-order valence-corrected chi connectivity index (χ2v) is 6.72. The molecule has 132 valence electrons. The molecular weight excluding hydrogens is 354 g/mol. The quantitative estimate of drug-likeness (QED) is 0.490. The number of carbonyl (C=O) groups excluding carboxylic acids is 3. The minimum absolute atomic E-state index is 0.00323. The molecule has 2 N–H and O–H groups in total. The highest BCUT2D eigenvalue weighted by atomic mass is 32.2. The van der Waals surface area contributed by atoms with E-state index in [4.69, 9.17) is 5.73 Å². The fourth-order valence-corrected chi connectivity index (χ4v) is 3.40. The van der Waals surface area contributed by atoms with Crippen molar-refractivity contribution in [3.63, 3.8) is 0 Å². The van der Waals surface area contributed by atoms with Crippen molar-refractivity contribution in [1.29, 1.82) is 0 Å². The Morgan fingerprint density at radius 2 is 1.77 bits per heavy atom. The molecule has 0 aliphatic carbocycles. The lowest BCUT2D eigenvalue weighted by atomic mass is 10.2. The zero-order valence-electron chi connectivity index (χ0n) is 13.5. The van der Waals surface area contributed by atoms with Gasteiger partial charge in [-0.2, -0.15) is 0 Å². The molecule has 1 aliphatic rings. The molecule has 7 nitrogen and oxygen atoms in total. The van der Waals surface area contributed by atoms with Crippen molar-refractivity contribution in [2.24, 2.45) is 10.7 Å². The van der Waals surface area contributed by atoms with Gasteiger partial charge in [0.1, 0.15) is 5.25 Å². The number of hydrogen-bond acceptors (Lipinski definition) is 6. The third kappa shape index (κ3) is 3.75. The lowest BCUT2D eigenvalue weighted by Crippen LogP contribution is -2.32. The number of thioether (sulfide) groups is 1.